The van der Waals surface area contributed by atoms with Crippen LogP contribution in [0.25, 0.3) is 11.4 Å². The van der Waals surface area contributed by atoms with Gasteiger partial charge in [0.15, 0.2) is 5.82 Å². The molecular weight excluding hydrogens is 402 g/mol. The van der Waals surface area contributed by atoms with Crippen LogP contribution >= 0.6 is 11.6 Å². The molecule has 0 aliphatic carbocycles. The molecule has 4 rings (SSSR count). The van der Waals surface area contributed by atoms with Gasteiger partial charge in [-0.2, -0.15) is 9.67 Å². The highest BCUT2D eigenvalue weighted by molar-refractivity contribution is 6.31. The smallest absolute Gasteiger partial charge is 0.282 e. The number of pyridine rings is 1. The first-order chi connectivity index (χ1) is 14.7. The summed E-state index contributed by atoms with van der Waals surface area (Å²) < 4.78 is 6.44. The van der Waals surface area contributed by atoms with Crippen LogP contribution in [0.3, 0.4) is 0 Å². The zero-order valence-electron chi connectivity index (χ0n) is 16.1. The molecule has 7 nitrogen and oxygen atoms in total. The van der Waals surface area contributed by atoms with E-state index in [-0.39, 0.29) is 5.91 Å². The van der Waals surface area contributed by atoms with Crippen molar-refractivity contribution in [2.75, 3.05) is 12.4 Å². The number of rotatable bonds is 6. The molecule has 8 heteroatoms. The number of carbonyl (C=O) groups is 1. The van der Waals surface area contributed by atoms with Crippen molar-refractivity contribution in [1.29, 1.82) is 0 Å². The zero-order valence-corrected chi connectivity index (χ0v) is 16.9. The summed E-state index contributed by atoms with van der Waals surface area (Å²) in [5, 5.41) is 8.24. The Balaban J connectivity index is 1.69. The number of nitrogens with one attached hydrogen (secondary N) is 1. The number of carbonyl (C=O) groups excluding carboxylic acids is 1. The molecule has 150 valence electrons. The Morgan fingerprint density at radius 3 is 2.60 bits per heavy atom. The number of methoxy groups -OCH3 is 1. The van der Waals surface area contributed by atoms with E-state index >= 15 is 0 Å². The average Bonchev–Trinajstić information content (AvgIpc) is 3.23. The number of aromatic nitrogens is 4. The summed E-state index contributed by atoms with van der Waals surface area (Å²) in [6.45, 7) is 0.390. The van der Waals surface area contributed by atoms with Gasteiger partial charge in [-0.3, -0.25) is 9.78 Å². The van der Waals surface area contributed by atoms with Gasteiger partial charge in [-0.05, 0) is 48.0 Å². The molecule has 0 fully saturated rings. The molecule has 0 spiro atoms. The maximum atomic E-state index is 13.0. The Hall–Kier alpha value is -3.71. The van der Waals surface area contributed by atoms with Gasteiger partial charge in [-0.15, -0.1) is 5.10 Å². The van der Waals surface area contributed by atoms with Crippen LogP contribution in [-0.4, -0.2) is 32.8 Å². The highest BCUT2D eigenvalue weighted by atomic mass is 35.5. The van der Waals surface area contributed by atoms with E-state index in [2.05, 4.69) is 20.4 Å². The van der Waals surface area contributed by atoms with Crippen molar-refractivity contribution in [3.63, 3.8) is 0 Å². The van der Waals surface area contributed by atoms with E-state index in [1.54, 1.807) is 25.4 Å². The predicted molar refractivity (Wildman–Crippen MR) is 115 cm³/mol. The van der Waals surface area contributed by atoms with Crippen molar-refractivity contribution in [1.82, 2.24) is 19.7 Å². The minimum absolute atomic E-state index is 0.314. The number of halogens is 1. The van der Waals surface area contributed by atoms with Crippen molar-refractivity contribution in [3.05, 3.63) is 89.2 Å². The number of hydrogen-bond acceptors (Lipinski definition) is 6. The van der Waals surface area contributed by atoms with Crippen molar-refractivity contribution < 1.29 is 9.53 Å². The van der Waals surface area contributed by atoms with Crippen LogP contribution in [0.4, 0.5) is 5.95 Å². The van der Waals surface area contributed by atoms with E-state index < -0.39 is 0 Å². The number of hydrogen-bond donors (Lipinski definition) is 1. The van der Waals surface area contributed by atoms with E-state index in [0.29, 0.717) is 28.9 Å². The fourth-order valence-corrected chi connectivity index (χ4v) is 3.06. The summed E-state index contributed by atoms with van der Waals surface area (Å²) in [5.41, 5.74) is 2.05. The second-order valence-electron chi connectivity index (χ2n) is 6.39. The summed E-state index contributed by atoms with van der Waals surface area (Å²) >= 11 is 6.25. The number of ether oxygens (including phenoxy) is 1. The minimum atomic E-state index is -0.336. The molecule has 2 aromatic heterocycles. The van der Waals surface area contributed by atoms with Gasteiger partial charge in [-0.1, -0.05) is 29.8 Å². The number of nitrogens with zero attached hydrogens (tertiary/aromatic N) is 4. The van der Waals surface area contributed by atoms with Gasteiger partial charge in [0.2, 0.25) is 5.95 Å². The molecule has 0 unspecified atom stereocenters. The Bertz CT molecular complexity index is 1160. The van der Waals surface area contributed by atoms with Gasteiger partial charge >= 0.3 is 0 Å². The fraction of sp³-hybridized carbons (Fsp3) is 0.0909. The first kappa shape index (κ1) is 19.6. The molecular formula is C22H18ClN5O2. The average molecular weight is 420 g/mol. The Morgan fingerprint density at radius 2 is 1.90 bits per heavy atom. The minimum Gasteiger partial charge on any atom is -0.497 e. The zero-order chi connectivity index (χ0) is 20.9. The summed E-state index contributed by atoms with van der Waals surface area (Å²) in [7, 11) is 1.60. The third-order valence-corrected chi connectivity index (χ3v) is 4.82. The van der Waals surface area contributed by atoms with Crippen molar-refractivity contribution in [2.24, 2.45) is 0 Å². The highest BCUT2D eigenvalue weighted by Crippen LogP contribution is 2.23. The second kappa shape index (κ2) is 8.75. The molecule has 0 saturated carbocycles. The Labute approximate surface area is 178 Å². The predicted octanol–water partition coefficient (Wildman–Crippen LogP) is 4.30. The van der Waals surface area contributed by atoms with Crippen LogP contribution in [0.5, 0.6) is 5.75 Å². The molecule has 0 atom stereocenters. The van der Waals surface area contributed by atoms with Gasteiger partial charge < -0.3 is 10.1 Å². The van der Waals surface area contributed by atoms with Gasteiger partial charge in [0.05, 0.1) is 12.7 Å². The molecule has 0 aliphatic heterocycles. The van der Waals surface area contributed by atoms with Crippen LogP contribution in [0.2, 0.25) is 5.02 Å². The third kappa shape index (κ3) is 4.16. The first-order valence-corrected chi connectivity index (χ1v) is 9.57. The third-order valence-electron chi connectivity index (χ3n) is 4.45. The monoisotopic (exact) mass is 419 g/mol. The highest BCUT2D eigenvalue weighted by Gasteiger charge is 2.19. The van der Waals surface area contributed by atoms with Gasteiger partial charge in [0.1, 0.15) is 5.75 Å². The van der Waals surface area contributed by atoms with Crippen molar-refractivity contribution in [2.45, 2.75) is 6.54 Å². The largest absolute Gasteiger partial charge is 0.497 e. The Kier molecular flexibility index (Phi) is 5.72. The van der Waals surface area contributed by atoms with Gasteiger partial charge in [-0.25, -0.2) is 0 Å². The first-order valence-electron chi connectivity index (χ1n) is 9.19. The summed E-state index contributed by atoms with van der Waals surface area (Å²) in [5.74, 6) is 1.12. The summed E-state index contributed by atoms with van der Waals surface area (Å²) in [4.78, 5) is 21.6. The lowest BCUT2D eigenvalue weighted by atomic mass is 10.2. The van der Waals surface area contributed by atoms with E-state index in [1.165, 1.54) is 10.9 Å². The quantitative estimate of drug-likeness (QED) is 0.501. The standard InChI is InChI=1S/C22H18ClN5O2/c1-30-18-10-8-15(9-11-18)20-26-22(25-14-16-5-2-3-7-19(16)23)28(27-20)21(29)17-6-4-12-24-13-17/h2-13H,14H2,1H3,(H,25,26,27). The number of benzene rings is 2. The lowest BCUT2D eigenvalue weighted by molar-refractivity contribution is 0.0947. The molecule has 0 bridgehead atoms. The molecule has 4 aromatic rings. The second-order valence-corrected chi connectivity index (χ2v) is 6.80. The molecule has 0 radical (unpaired) electrons. The summed E-state index contributed by atoms with van der Waals surface area (Å²) in [6.07, 6.45) is 3.10. The van der Waals surface area contributed by atoms with Gasteiger partial charge in [0, 0.05) is 29.5 Å². The fourth-order valence-electron chi connectivity index (χ4n) is 2.86. The molecule has 0 saturated heterocycles. The molecule has 0 amide bonds. The van der Waals surface area contributed by atoms with Crippen LogP contribution < -0.4 is 10.1 Å². The van der Waals surface area contributed by atoms with Crippen LogP contribution in [-0.2, 0) is 6.54 Å². The normalized spacial score (nSPS) is 10.6. The molecule has 2 heterocycles. The van der Waals surface area contributed by atoms with Crippen molar-refractivity contribution in [3.8, 4) is 17.1 Å². The van der Waals surface area contributed by atoms with Crippen molar-refractivity contribution >= 4 is 23.5 Å². The lowest BCUT2D eigenvalue weighted by Gasteiger charge is -2.08. The topological polar surface area (TPSA) is 81.9 Å². The maximum absolute atomic E-state index is 13.0. The lowest BCUT2D eigenvalue weighted by Crippen LogP contribution is -2.17. The van der Waals surface area contributed by atoms with E-state index in [1.807, 2.05) is 48.5 Å². The van der Waals surface area contributed by atoms with Crippen LogP contribution in [0.15, 0.2) is 73.1 Å². The van der Waals surface area contributed by atoms with Gasteiger partial charge in [0.25, 0.3) is 5.91 Å². The van der Waals surface area contributed by atoms with Crippen LogP contribution in [0, 0.1) is 0 Å². The van der Waals surface area contributed by atoms with E-state index in [0.717, 1.165) is 16.9 Å². The SMILES string of the molecule is COc1ccc(-c2nc(NCc3ccccc3Cl)n(C(=O)c3cccnc3)n2)cc1. The molecule has 30 heavy (non-hydrogen) atoms. The van der Waals surface area contributed by atoms with E-state index in [4.69, 9.17) is 16.3 Å². The Morgan fingerprint density at radius 1 is 1.10 bits per heavy atom. The molecule has 2 aromatic carbocycles. The molecule has 0 aliphatic rings. The van der Waals surface area contributed by atoms with Crippen LogP contribution in [0.1, 0.15) is 15.9 Å². The molecule has 1 N–H and O–H groups in total. The van der Waals surface area contributed by atoms with E-state index in [9.17, 15) is 4.79 Å². The number of anilines is 1. The summed E-state index contributed by atoms with van der Waals surface area (Å²) in [6, 6.07) is 18.2. The maximum Gasteiger partial charge on any atom is 0.282 e.